The highest BCUT2D eigenvalue weighted by Gasteiger charge is 2.22. The molecule has 2 aromatic carbocycles. The molecule has 0 spiro atoms. The number of hydrogen-bond acceptors (Lipinski definition) is 3. The van der Waals surface area contributed by atoms with E-state index in [0.29, 0.717) is 10.6 Å². The molecule has 24 heavy (non-hydrogen) atoms. The van der Waals surface area contributed by atoms with Crippen LogP contribution in [0.5, 0.6) is 0 Å². The first-order valence-corrected chi connectivity index (χ1v) is 9.20. The van der Waals surface area contributed by atoms with E-state index in [1.165, 1.54) is 5.56 Å². The zero-order valence-electron chi connectivity index (χ0n) is 13.3. The Morgan fingerprint density at radius 2 is 1.71 bits per heavy atom. The molecule has 1 fully saturated rings. The highest BCUT2D eigenvalue weighted by Crippen LogP contribution is 2.19. The van der Waals surface area contributed by atoms with Crippen molar-refractivity contribution in [3.8, 4) is 0 Å². The quantitative estimate of drug-likeness (QED) is 0.672. The Kier molecular flexibility index (Phi) is 5.93. The number of rotatable bonds is 4. The first kappa shape index (κ1) is 17.5. The number of nitrogens with zero attached hydrogens (tertiary/aromatic N) is 1. The normalized spacial score (nSPS) is 16.1. The van der Waals surface area contributed by atoms with Gasteiger partial charge >= 0.3 is 5.97 Å². The van der Waals surface area contributed by atoms with E-state index in [4.69, 9.17) is 16.3 Å². The van der Waals surface area contributed by atoms with Crippen LogP contribution in [-0.4, -0.2) is 30.1 Å². The highest BCUT2D eigenvalue weighted by atomic mass is 79.9. The second kappa shape index (κ2) is 8.15. The third-order valence-electron chi connectivity index (χ3n) is 4.21. The van der Waals surface area contributed by atoms with Crippen LogP contribution in [0.4, 0.5) is 0 Å². The molecule has 0 atom stereocenters. The third-order valence-corrected chi connectivity index (χ3v) is 4.99. The van der Waals surface area contributed by atoms with Gasteiger partial charge in [-0.1, -0.05) is 39.7 Å². The van der Waals surface area contributed by atoms with Crippen LogP contribution in [0.25, 0.3) is 0 Å². The molecule has 0 aromatic heterocycles. The van der Waals surface area contributed by atoms with E-state index in [-0.39, 0.29) is 12.1 Å². The number of carbonyl (C=O) groups is 1. The number of piperidine rings is 1. The predicted octanol–water partition coefficient (Wildman–Crippen LogP) is 4.92. The molecule has 3 nitrogen and oxygen atoms in total. The van der Waals surface area contributed by atoms with Gasteiger partial charge in [0.05, 0.1) is 5.56 Å². The molecule has 1 aliphatic heterocycles. The fourth-order valence-electron chi connectivity index (χ4n) is 2.84. The van der Waals surface area contributed by atoms with Gasteiger partial charge in [0.1, 0.15) is 6.10 Å². The van der Waals surface area contributed by atoms with E-state index >= 15 is 0 Å². The average Bonchev–Trinajstić information content (AvgIpc) is 2.59. The van der Waals surface area contributed by atoms with Crippen LogP contribution in [0.15, 0.2) is 53.0 Å². The third kappa shape index (κ3) is 4.82. The Labute approximate surface area is 155 Å². The number of halogens is 2. The van der Waals surface area contributed by atoms with E-state index in [0.717, 1.165) is 36.9 Å². The van der Waals surface area contributed by atoms with Crippen molar-refractivity contribution in [1.82, 2.24) is 4.90 Å². The molecule has 0 saturated carbocycles. The molecule has 2 aromatic rings. The molecule has 0 amide bonds. The SMILES string of the molecule is O=C(OC1CCN(Cc2ccc(Br)cc2)CC1)c1ccc(Cl)cc1. The fourth-order valence-corrected chi connectivity index (χ4v) is 3.23. The van der Waals surface area contributed by atoms with Gasteiger partial charge in [0.25, 0.3) is 0 Å². The van der Waals surface area contributed by atoms with Crippen molar-refractivity contribution in [1.29, 1.82) is 0 Å². The molecule has 1 saturated heterocycles. The van der Waals surface area contributed by atoms with Crippen LogP contribution in [0, 0.1) is 0 Å². The maximum Gasteiger partial charge on any atom is 0.338 e. The molecule has 1 heterocycles. The van der Waals surface area contributed by atoms with Crippen LogP contribution in [0.3, 0.4) is 0 Å². The zero-order chi connectivity index (χ0) is 16.9. The van der Waals surface area contributed by atoms with Crippen LogP contribution >= 0.6 is 27.5 Å². The molecule has 5 heteroatoms. The van der Waals surface area contributed by atoms with Gasteiger partial charge in [-0.2, -0.15) is 0 Å². The Morgan fingerprint density at radius 1 is 1.08 bits per heavy atom. The lowest BCUT2D eigenvalue weighted by Gasteiger charge is -2.31. The monoisotopic (exact) mass is 407 g/mol. The van der Waals surface area contributed by atoms with Crippen molar-refractivity contribution in [2.75, 3.05) is 13.1 Å². The molecule has 1 aliphatic rings. The van der Waals surface area contributed by atoms with Crippen molar-refractivity contribution in [2.24, 2.45) is 0 Å². The van der Waals surface area contributed by atoms with Crippen molar-refractivity contribution in [3.63, 3.8) is 0 Å². The summed E-state index contributed by atoms with van der Waals surface area (Å²) in [4.78, 5) is 14.5. The minimum atomic E-state index is -0.266. The summed E-state index contributed by atoms with van der Waals surface area (Å²) >= 11 is 9.29. The van der Waals surface area contributed by atoms with Gasteiger partial charge < -0.3 is 4.74 Å². The van der Waals surface area contributed by atoms with E-state index in [1.54, 1.807) is 24.3 Å². The molecule has 3 rings (SSSR count). The van der Waals surface area contributed by atoms with E-state index in [2.05, 4.69) is 45.1 Å². The topological polar surface area (TPSA) is 29.5 Å². The molecule has 0 aliphatic carbocycles. The van der Waals surface area contributed by atoms with Crippen molar-refractivity contribution in [2.45, 2.75) is 25.5 Å². The summed E-state index contributed by atoms with van der Waals surface area (Å²) in [6.07, 6.45) is 1.74. The second-order valence-corrected chi connectivity index (χ2v) is 7.37. The summed E-state index contributed by atoms with van der Waals surface area (Å²) in [7, 11) is 0. The van der Waals surface area contributed by atoms with Gasteiger partial charge in [0.15, 0.2) is 0 Å². The number of likely N-dealkylation sites (tertiary alicyclic amines) is 1. The maximum absolute atomic E-state index is 12.1. The molecule has 0 bridgehead atoms. The molecule has 126 valence electrons. The summed E-state index contributed by atoms with van der Waals surface area (Å²) < 4.78 is 6.71. The number of ether oxygens (including phenoxy) is 1. The van der Waals surface area contributed by atoms with Crippen LogP contribution in [0.1, 0.15) is 28.8 Å². The van der Waals surface area contributed by atoms with Gasteiger partial charge in [-0.05, 0) is 54.8 Å². The van der Waals surface area contributed by atoms with Crippen LogP contribution in [-0.2, 0) is 11.3 Å². The lowest BCUT2D eigenvalue weighted by molar-refractivity contribution is 0.0104. The smallest absolute Gasteiger partial charge is 0.338 e. The summed E-state index contributed by atoms with van der Waals surface area (Å²) in [5.74, 6) is -0.266. The van der Waals surface area contributed by atoms with Crippen LogP contribution in [0.2, 0.25) is 5.02 Å². The van der Waals surface area contributed by atoms with Gasteiger partial charge in [-0.15, -0.1) is 0 Å². The molecule has 0 unspecified atom stereocenters. The average molecular weight is 409 g/mol. The number of hydrogen-bond donors (Lipinski definition) is 0. The predicted molar refractivity (Wildman–Crippen MR) is 99.3 cm³/mol. The Bertz CT molecular complexity index is 680. The van der Waals surface area contributed by atoms with Crippen molar-refractivity contribution >= 4 is 33.5 Å². The van der Waals surface area contributed by atoms with Crippen molar-refractivity contribution in [3.05, 3.63) is 69.2 Å². The number of carbonyl (C=O) groups excluding carboxylic acids is 1. The van der Waals surface area contributed by atoms with Crippen molar-refractivity contribution < 1.29 is 9.53 Å². The van der Waals surface area contributed by atoms with E-state index < -0.39 is 0 Å². The fraction of sp³-hybridized carbons (Fsp3) is 0.316. The largest absolute Gasteiger partial charge is 0.459 e. The Morgan fingerprint density at radius 3 is 2.33 bits per heavy atom. The standard InChI is InChI=1S/C19H19BrClNO2/c20-16-5-1-14(2-6-16)13-22-11-9-18(10-12-22)24-19(23)15-3-7-17(21)8-4-15/h1-8,18H,9-13H2. The van der Waals surface area contributed by atoms with Gasteiger partial charge in [-0.3, -0.25) is 4.90 Å². The summed E-state index contributed by atoms with van der Waals surface area (Å²) in [5.41, 5.74) is 1.85. The minimum absolute atomic E-state index is 0.00524. The number of benzene rings is 2. The molecular formula is C19H19BrClNO2. The maximum atomic E-state index is 12.1. The van der Waals surface area contributed by atoms with E-state index in [1.807, 2.05) is 0 Å². The first-order valence-electron chi connectivity index (χ1n) is 8.03. The summed E-state index contributed by atoms with van der Waals surface area (Å²) in [6, 6.07) is 15.2. The highest BCUT2D eigenvalue weighted by molar-refractivity contribution is 9.10. The molecule has 0 radical (unpaired) electrons. The lowest BCUT2D eigenvalue weighted by atomic mass is 10.1. The summed E-state index contributed by atoms with van der Waals surface area (Å²) in [6.45, 7) is 2.81. The Hall–Kier alpha value is -1.36. The summed E-state index contributed by atoms with van der Waals surface area (Å²) in [5, 5.41) is 0.618. The van der Waals surface area contributed by atoms with Gasteiger partial charge in [-0.25, -0.2) is 4.79 Å². The second-order valence-electron chi connectivity index (χ2n) is 6.01. The zero-order valence-corrected chi connectivity index (χ0v) is 15.6. The first-order chi connectivity index (χ1) is 11.6. The lowest BCUT2D eigenvalue weighted by Crippen LogP contribution is -2.37. The van der Waals surface area contributed by atoms with Gasteiger partial charge in [0, 0.05) is 29.1 Å². The van der Waals surface area contributed by atoms with Crippen LogP contribution < -0.4 is 0 Å². The number of esters is 1. The molecule has 0 N–H and O–H groups in total. The van der Waals surface area contributed by atoms with Gasteiger partial charge in [0.2, 0.25) is 0 Å². The minimum Gasteiger partial charge on any atom is -0.459 e. The molecular weight excluding hydrogens is 390 g/mol. The Balaban J connectivity index is 1.47. The van der Waals surface area contributed by atoms with E-state index in [9.17, 15) is 4.79 Å².